The molecule has 0 aliphatic heterocycles. The lowest BCUT2D eigenvalue weighted by molar-refractivity contribution is -0.147. The van der Waals surface area contributed by atoms with Crippen molar-refractivity contribution in [3.05, 3.63) is 0 Å². The summed E-state index contributed by atoms with van der Waals surface area (Å²) in [7, 11) is 0. The van der Waals surface area contributed by atoms with E-state index in [-0.39, 0.29) is 12.8 Å². The zero-order valence-electron chi connectivity index (χ0n) is 13.3. The summed E-state index contributed by atoms with van der Waals surface area (Å²) in [6.45, 7) is 1.14. The van der Waals surface area contributed by atoms with Crippen molar-refractivity contribution in [3.63, 3.8) is 0 Å². The first-order valence-electron chi connectivity index (χ1n) is 7.16. The highest BCUT2D eigenvalue weighted by Crippen LogP contribution is 2.01. The van der Waals surface area contributed by atoms with E-state index in [1.165, 1.54) is 0 Å². The van der Waals surface area contributed by atoms with Crippen molar-refractivity contribution in [1.29, 1.82) is 0 Å². The highest BCUT2D eigenvalue weighted by Gasteiger charge is 2.31. The predicted octanol–water partition coefficient (Wildman–Crippen LogP) is -2.91. The van der Waals surface area contributed by atoms with Gasteiger partial charge in [0, 0.05) is 6.42 Å². The number of aliphatic hydroxyl groups excluding tert-OH is 1. The monoisotopic (exact) mass is 363 g/mol. The first-order chi connectivity index (χ1) is 11.5. The third-order valence-electron chi connectivity index (χ3n) is 3.06. The molecule has 0 saturated heterocycles. The third kappa shape index (κ3) is 8.62. The molecule has 0 saturated carbocycles. The van der Waals surface area contributed by atoms with Crippen molar-refractivity contribution in [2.75, 3.05) is 0 Å². The van der Waals surface area contributed by atoms with Gasteiger partial charge in [0.1, 0.15) is 12.1 Å². The Labute approximate surface area is 142 Å². The van der Waals surface area contributed by atoms with Crippen LogP contribution >= 0.6 is 0 Å². The van der Waals surface area contributed by atoms with Crippen molar-refractivity contribution in [1.82, 2.24) is 10.6 Å². The van der Waals surface area contributed by atoms with E-state index in [2.05, 4.69) is 5.32 Å². The smallest absolute Gasteiger partial charge is 0.326 e. The normalized spacial score (nSPS) is 15.3. The number of carboxylic acids is 3. The summed E-state index contributed by atoms with van der Waals surface area (Å²) in [6.07, 6.45) is -2.96. The molecule has 0 bridgehead atoms. The van der Waals surface area contributed by atoms with Crippen LogP contribution in [0.4, 0.5) is 0 Å². The summed E-state index contributed by atoms with van der Waals surface area (Å²) in [5.41, 5.74) is 5.47. The largest absolute Gasteiger partial charge is 0.481 e. The Morgan fingerprint density at radius 2 is 1.52 bits per heavy atom. The van der Waals surface area contributed by atoms with Gasteiger partial charge in [-0.05, 0) is 13.3 Å². The second-order valence-corrected chi connectivity index (χ2v) is 5.26. The number of carboxylic acid groups (broad SMARTS) is 3. The van der Waals surface area contributed by atoms with Crippen LogP contribution < -0.4 is 16.4 Å². The van der Waals surface area contributed by atoms with Gasteiger partial charge in [-0.2, -0.15) is 0 Å². The maximum Gasteiger partial charge on any atom is 0.326 e. The van der Waals surface area contributed by atoms with Gasteiger partial charge in [0.2, 0.25) is 11.8 Å². The van der Waals surface area contributed by atoms with E-state index in [1.807, 2.05) is 5.32 Å². The number of carbonyl (C=O) groups excluding carboxylic acids is 2. The molecule has 0 radical (unpaired) electrons. The average molecular weight is 363 g/mol. The number of aliphatic hydroxyl groups is 1. The van der Waals surface area contributed by atoms with Gasteiger partial charge < -0.3 is 36.8 Å². The van der Waals surface area contributed by atoms with E-state index in [0.717, 1.165) is 6.92 Å². The molecule has 0 rings (SSSR count). The highest BCUT2D eigenvalue weighted by atomic mass is 16.4. The summed E-state index contributed by atoms with van der Waals surface area (Å²) in [4.78, 5) is 55.8. The molecule has 0 aliphatic carbocycles. The van der Waals surface area contributed by atoms with Gasteiger partial charge in [-0.3, -0.25) is 19.2 Å². The van der Waals surface area contributed by atoms with Crippen molar-refractivity contribution in [2.24, 2.45) is 5.73 Å². The number of hydrogen-bond acceptors (Lipinski definition) is 7. The Balaban J connectivity index is 4.94. The number of hydrogen-bond donors (Lipinski definition) is 7. The standard InChI is InChI=1S/C13H21N3O9/c1-5(17)10(16-11(22)6(14)2-3-8(18)19)12(23)15-7(13(24)25)4-9(20)21/h5-7,10,17H,2-4,14H2,1H3,(H,15,23)(H,16,22)(H,18,19)(H,20,21)(H,24,25)/t5-,6+,7+,10+/m1/s1. The molecule has 0 spiro atoms. The van der Waals surface area contributed by atoms with Crippen molar-refractivity contribution < 1.29 is 44.4 Å². The molecular formula is C13H21N3O9. The van der Waals surface area contributed by atoms with E-state index in [0.29, 0.717) is 0 Å². The molecule has 12 heteroatoms. The lowest BCUT2D eigenvalue weighted by atomic mass is 10.1. The van der Waals surface area contributed by atoms with Crippen molar-refractivity contribution in [3.8, 4) is 0 Å². The third-order valence-corrected chi connectivity index (χ3v) is 3.06. The van der Waals surface area contributed by atoms with Crippen LogP contribution in [-0.2, 0) is 24.0 Å². The molecular weight excluding hydrogens is 342 g/mol. The minimum atomic E-state index is -1.76. The van der Waals surface area contributed by atoms with Gasteiger partial charge in [-0.15, -0.1) is 0 Å². The Morgan fingerprint density at radius 3 is 1.92 bits per heavy atom. The molecule has 0 aromatic heterocycles. The molecule has 4 atom stereocenters. The van der Waals surface area contributed by atoms with Crippen molar-refractivity contribution in [2.45, 2.75) is 50.4 Å². The van der Waals surface area contributed by atoms with Gasteiger partial charge in [-0.1, -0.05) is 0 Å². The van der Waals surface area contributed by atoms with Crippen LogP contribution in [0.25, 0.3) is 0 Å². The van der Waals surface area contributed by atoms with E-state index < -0.39 is 60.4 Å². The summed E-state index contributed by atoms with van der Waals surface area (Å²) in [5, 5.41) is 39.6. The summed E-state index contributed by atoms with van der Waals surface area (Å²) in [6, 6.07) is -4.62. The summed E-state index contributed by atoms with van der Waals surface area (Å²) in [5.74, 6) is -6.30. The first kappa shape index (κ1) is 22.3. The highest BCUT2D eigenvalue weighted by molar-refractivity contribution is 5.93. The van der Waals surface area contributed by atoms with Crippen LogP contribution in [0.2, 0.25) is 0 Å². The lowest BCUT2D eigenvalue weighted by Crippen LogP contribution is -2.58. The zero-order valence-corrected chi connectivity index (χ0v) is 13.3. The Bertz CT molecular complexity index is 535. The molecule has 0 aliphatic rings. The van der Waals surface area contributed by atoms with Gasteiger partial charge in [0.05, 0.1) is 18.6 Å². The molecule has 12 nitrogen and oxygen atoms in total. The summed E-state index contributed by atoms with van der Waals surface area (Å²) >= 11 is 0. The first-order valence-corrected chi connectivity index (χ1v) is 7.16. The Morgan fingerprint density at radius 1 is 0.960 bits per heavy atom. The zero-order chi connectivity index (χ0) is 19.7. The fraction of sp³-hybridized carbons (Fsp3) is 0.615. The fourth-order valence-electron chi connectivity index (χ4n) is 1.71. The van der Waals surface area contributed by atoms with Gasteiger partial charge in [0.25, 0.3) is 0 Å². The molecule has 0 unspecified atom stereocenters. The second-order valence-electron chi connectivity index (χ2n) is 5.26. The van der Waals surface area contributed by atoms with Crippen molar-refractivity contribution >= 4 is 29.7 Å². The molecule has 0 aromatic carbocycles. The topological polar surface area (TPSA) is 216 Å². The van der Waals surface area contributed by atoms with Gasteiger partial charge in [0.15, 0.2) is 0 Å². The minimum Gasteiger partial charge on any atom is -0.481 e. The van der Waals surface area contributed by atoms with E-state index in [1.54, 1.807) is 0 Å². The minimum absolute atomic E-state index is 0.216. The van der Waals surface area contributed by atoms with E-state index in [9.17, 15) is 29.1 Å². The number of nitrogens with one attached hydrogen (secondary N) is 2. The van der Waals surface area contributed by atoms with Crippen LogP contribution in [0.3, 0.4) is 0 Å². The van der Waals surface area contributed by atoms with E-state index >= 15 is 0 Å². The van der Waals surface area contributed by atoms with Crippen LogP contribution in [0.1, 0.15) is 26.2 Å². The molecule has 0 heterocycles. The molecule has 8 N–H and O–H groups in total. The molecule has 0 aromatic rings. The number of amides is 2. The molecule has 2 amide bonds. The number of aliphatic carboxylic acids is 3. The summed E-state index contributed by atoms with van der Waals surface area (Å²) < 4.78 is 0. The maximum atomic E-state index is 12.0. The SMILES string of the molecule is C[C@@H](O)[C@H](NC(=O)[C@@H](N)CCC(=O)O)C(=O)N[C@@H](CC(=O)O)C(=O)O. The predicted molar refractivity (Wildman–Crippen MR) is 80.3 cm³/mol. The van der Waals surface area contributed by atoms with Gasteiger partial charge in [-0.25, -0.2) is 4.79 Å². The number of rotatable bonds is 11. The quantitative estimate of drug-likeness (QED) is 0.198. The Hall–Kier alpha value is -2.73. The second kappa shape index (κ2) is 10.2. The van der Waals surface area contributed by atoms with Crippen LogP contribution in [-0.4, -0.2) is 74.4 Å². The number of carbonyl (C=O) groups is 5. The van der Waals surface area contributed by atoms with Crippen LogP contribution in [0, 0.1) is 0 Å². The molecule has 25 heavy (non-hydrogen) atoms. The van der Waals surface area contributed by atoms with E-state index in [4.69, 9.17) is 21.1 Å². The maximum absolute atomic E-state index is 12.0. The van der Waals surface area contributed by atoms with Gasteiger partial charge >= 0.3 is 17.9 Å². The molecule has 0 fully saturated rings. The molecule has 142 valence electrons. The Kier molecular flexibility index (Phi) is 9.09. The van der Waals surface area contributed by atoms with Crippen LogP contribution in [0.15, 0.2) is 0 Å². The average Bonchev–Trinajstić information content (AvgIpc) is 2.47. The fourth-order valence-corrected chi connectivity index (χ4v) is 1.71. The number of nitrogens with two attached hydrogens (primary N) is 1. The lowest BCUT2D eigenvalue weighted by Gasteiger charge is -2.24. The van der Waals surface area contributed by atoms with Crippen LogP contribution in [0.5, 0.6) is 0 Å².